The number of aromatic nitrogens is 2. The highest BCUT2D eigenvalue weighted by atomic mass is 35.5. The molecule has 1 heterocycles. The Labute approximate surface area is 146 Å². The summed E-state index contributed by atoms with van der Waals surface area (Å²) in [5, 5.41) is 1.12. The van der Waals surface area contributed by atoms with Gasteiger partial charge in [-0.2, -0.15) is 0 Å². The van der Waals surface area contributed by atoms with Gasteiger partial charge in [-0.05, 0) is 24.6 Å². The highest BCUT2D eigenvalue weighted by Gasteiger charge is 2.09. The van der Waals surface area contributed by atoms with E-state index in [1.165, 1.54) is 0 Å². The minimum absolute atomic E-state index is 0.448. The Bertz CT molecular complexity index is 628. The predicted octanol–water partition coefficient (Wildman–Crippen LogP) is 4.98. The maximum atomic E-state index is 6.28. The van der Waals surface area contributed by atoms with Crippen LogP contribution in [0.1, 0.15) is 25.3 Å². The monoisotopic (exact) mass is 354 g/mol. The van der Waals surface area contributed by atoms with Crippen LogP contribution in [0, 0.1) is 0 Å². The molecule has 0 saturated carbocycles. The Kier molecular flexibility index (Phi) is 7.46. The molecule has 6 heteroatoms. The first kappa shape index (κ1) is 17.9. The Balaban J connectivity index is 2.07. The van der Waals surface area contributed by atoms with Crippen LogP contribution < -0.4 is 0 Å². The molecular weight excluding hydrogens is 335 g/mol. The first-order valence-corrected chi connectivity index (χ1v) is 8.31. The fourth-order valence-corrected chi connectivity index (χ4v) is 2.42. The van der Waals surface area contributed by atoms with E-state index in [-0.39, 0.29) is 0 Å². The second-order valence-electron chi connectivity index (χ2n) is 4.94. The molecular formula is C17H20Cl2N2O2. The Morgan fingerprint density at radius 2 is 2.13 bits per heavy atom. The van der Waals surface area contributed by atoms with Crippen molar-refractivity contribution in [2.75, 3.05) is 19.8 Å². The number of benzene rings is 1. The van der Waals surface area contributed by atoms with Gasteiger partial charge >= 0.3 is 0 Å². The topological polar surface area (TPSA) is 36.3 Å². The summed E-state index contributed by atoms with van der Waals surface area (Å²) in [4.78, 5) is 4.02. The van der Waals surface area contributed by atoms with E-state index in [1.54, 1.807) is 29.2 Å². The molecule has 2 aromatic rings. The smallest absolute Gasteiger partial charge is 0.144 e. The average Bonchev–Trinajstić information content (AvgIpc) is 3.03. The lowest BCUT2D eigenvalue weighted by molar-refractivity contribution is 0.0896. The summed E-state index contributed by atoms with van der Waals surface area (Å²) < 4.78 is 13.2. The molecule has 0 spiro atoms. The zero-order chi connectivity index (χ0) is 16.5. The van der Waals surface area contributed by atoms with Gasteiger partial charge in [0.1, 0.15) is 12.4 Å². The first-order chi connectivity index (χ1) is 11.2. The molecule has 1 aromatic heterocycles. The van der Waals surface area contributed by atoms with E-state index in [1.807, 2.05) is 18.5 Å². The second kappa shape index (κ2) is 9.60. The number of rotatable bonds is 9. The van der Waals surface area contributed by atoms with Crippen molar-refractivity contribution >= 4 is 35.2 Å². The number of hydrogen-bond donors (Lipinski definition) is 0. The highest BCUT2D eigenvalue weighted by Crippen LogP contribution is 2.28. The minimum atomic E-state index is 0.448. The lowest BCUT2D eigenvalue weighted by Crippen LogP contribution is -2.05. The molecule has 0 radical (unpaired) electrons. The molecule has 0 aliphatic heterocycles. The molecule has 1 aromatic carbocycles. The molecule has 2 rings (SSSR count). The number of halogens is 2. The number of imidazole rings is 1. The van der Waals surface area contributed by atoms with E-state index in [4.69, 9.17) is 32.7 Å². The van der Waals surface area contributed by atoms with Gasteiger partial charge in [0.2, 0.25) is 0 Å². The van der Waals surface area contributed by atoms with Gasteiger partial charge in [-0.1, -0.05) is 36.5 Å². The standard InChI is InChI=1S/C17H20Cl2N2O2/c1-2-3-8-22-9-10-23-17(12-21-7-6-20-13-21)15-5-4-14(18)11-16(15)19/h4-7,11-13H,2-3,8-10H2,1H3. The summed E-state index contributed by atoms with van der Waals surface area (Å²) in [5.41, 5.74) is 0.776. The van der Waals surface area contributed by atoms with Crippen LogP contribution in [0.2, 0.25) is 10.0 Å². The van der Waals surface area contributed by atoms with E-state index in [9.17, 15) is 0 Å². The van der Waals surface area contributed by atoms with Gasteiger partial charge < -0.3 is 14.0 Å². The first-order valence-electron chi connectivity index (χ1n) is 7.56. The van der Waals surface area contributed by atoms with Crippen LogP contribution in [-0.4, -0.2) is 29.4 Å². The third kappa shape index (κ3) is 5.90. The predicted molar refractivity (Wildman–Crippen MR) is 94.5 cm³/mol. The van der Waals surface area contributed by atoms with Crippen molar-refractivity contribution in [1.29, 1.82) is 0 Å². The summed E-state index contributed by atoms with van der Waals surface area (Å²) in [6.45, 7) is 3.87. The summed E-state index contributed by atoms with van der Waals surface area (Å²) in [6, 6.07) is 5.32. The van der Waals surface area contributed by atoms with Crippen LogP contribution in [-0.2, 0) is 9.47 Å². The van der Waals surface area contributed by atoms with Gasteiger partial charge in [-0.25, -0.2) is 4.98 Å². The molecule has 0 aliphatic rings. The third-order valence-corrected chi connectivity index (χ3v) is 3.66. The van der Waals surface area contributed by atoms with Crippen LogP contribution >= 0.6 is 23.2 Å². The van der Waals surface area contributed by atoms with E-state index < -0.39 is 0 Å². The van der Waals surface area contributed by atoms with E-state index in [0.717, 1.165) is 25.0 Å². The summed E-state index contributed by atoms with van der Waals surface area (Å²) in [5.74, 6) is 0.642. The van der Waals surface area contributed by atoms with Crippen LogP contribution in [0.4, 0.5) is 0 Å². The number of hydrogen-bond acceptors (Lipinski definition) is 3. The molecule has 0 atom stereocenters. The second-order valence-corrected chi connectivity index (χ2v) is 5.79. The van der Waals surface area contributed by atoms with E-state index >= 15 is 0 Å². The largest absolute Gasteiger partial charge is 0.489 e. The van der Waals surface area contributed by atoms with Gasteiger partial charge in [-0.15, -0.1) is 0 Å². The highest BCUT2D eigenvalue weighted by molar-refractivity contribution is 6.35. The van der Waals surface area contributed by atoms with Crippen molar-refractivity contribution in [2.45, 2.75) is 19.8 Å². The van der Waals surface area contributed by atoms with Gasteiger partial charge in [-0.3, -0.25) is 0 Å². The minimum Gasteiger partial charge on any atom is -0.489 e. The molecule has 0 aliphatic carbocycles. The van der Waals surface area contributed by atoms with Gasteiger partial charge in [0.25, 0.3) is 0 Å². The van der Waals surface area contributed by atoms with Crippen molar-refractivity contribution in [1.82, 2.24) is 9.55 Å². The zero-order valence-corrected chi connectivity index (χ0v) is 14.6. The van der Waals surface area contributed by atoms with Crippen LogP contribution in [0.15, 0.2) is 36.9 Å². The molecule has 0 saturated heterocycles. The van der Waals surface area contributed by atoms with Gasteiger partial charge in [0, 0.05) is 29.6 Å². The summed E-state index contributed by atoms with van der Waals surface area (Å²) >= 11 is 12.2. The van der Waals surface area contributed by atoms with E-state index in [2.05, 4.69) is 11.9 Å². The third-order valence-electron chi connectivity index (χ3n) is 3.12. The quantitative estimate of drug-likeness (QED) is 0.470. The SMILES string of the molecule is CCCCOCCOC(=Cn1ccnc1)c1ccc(Cl)cc1Cl. The van der Waals surface area contributed by atoms with E-state index in [0.29, 0.717) is 29.0 Å². The fourth-order valence-electron chi connectivity index (χ4n) is 1.91. The van der Waals surface area contributed by atoms with Crippen LogP contribution in [0.3, 0.4) is 0 Å². The van der Waals surface area contributed by atoms with Crippen LogP contribution in [0.5, 0.6) is 0 Å². The number of ether oxygens (including phenoxy) is 2. The Morgan fingerprint density at radius 1 is 1.26 bits per heavy atom. The lowest BCUT2D eigenvalue weighted by Gasteiger charge is -2.13. The summed E-state index contributed by atoms with van der Waals surface area (Å²) in [6.07, 6.45) is 9.21. The number of nitrogens with zero attached hydrogens (tertiary/aromatic N) is 2. The van der Waals surface area contributed by atoms with Crippen LogP contribution in [0.25, 0.3) is 12.0 Å². The van der Waals surface area contributed by atoms with Gasteiger partial charge in [0.05, 0.1) is 24.2 Å². The zero-order valence-electron chi connectivity index (χ0n) is 13.0. The van der Waals surface area contributed by atoms with Gasteiger partial charge in [0.15, 0.2) is 0 Å². The Morgan fingerprint density at radius 3 is 2.83 bits per heavy atom. The maximum absolute atomic E-state index is 6.28. The van der Waals surface area contributed by atoms with Crippen molar-refractivity contribution in [3.8, 4) is 0 Å². The molecule has 124 valence electrons. The molecule has 0 unspecified atom stereocenters. The van der Waals surface area contributed by atoms with Crippen molar-refractivity contribution < 1.29 is 9.47 Å². The molecule has 0 amide bonds. The fraction of sp³-hybridized carbons (Fsp3) is 0.353. The molecule has 23 heavy (non-hydrogen) atoms. The lowest BCUT2D eigenvalue weighted by atomic mass is 10.2. The van der Waals surface area contributed by atoms with Crippen molar-refractivity contribution in [2.24, 2.45) is 0 Å². The maximum Gasteiger partial charge on any atom is 0.144 e. The molecule has 0 fully saturated rings. The Hall–Kier alpha value is -1.49. The molecule has 0 N–H and O–H groups in total. The normalized spacial score (nSPS) is 11.7. The van der Waals surface area contributed by atoms with Crippen molar-refractivity contribution in [3.63, 3.8) is 0 Å². The van der Waals surface area contributed by atoms with Crippen molar-refractivity contribution in [3.05, 3.63) is 52.5 Å². The average molecular weight is 355 g/mol. The summed E-state index contributed by atoms with van der Waals surface area (Å²) in [7, 11) is 0. The molecule has 4 nitrogen and oxygen atoms in total. The molecule has 0 bridgehead atoms. The number of unbranched alkanes of at least 4 members (excludes halogenated alkanes) is 1.